The first-order chi connectivity index (χ1) is 14.2. The van der Waals surface area contributed by atoms with Gasteiger partial charge < -0.3 is 18.9 Å². The molecule has 0 saturated heterocycles. The van der Waals surface area contributed by atoms with Crippen molar-refractivity contribution >= 4 is 11.5 Å². The van der Waals surface area contributed by atoms with Crippen LogP contribution in [0.5, 0.6) is 17.2 Å². The zero-order valence-corrected chi connectivity index (χ0v) is 16.5. The molecule has 0 unspecified atom stereocenters. The molecule has 0 N–H and O–H groups in total. The van der Waals surface area contributed by atoms with Crippen molar-refractivity contribution in [3.63, 3.8) is 0 Å². The largest absolute Gasteiger partial charge is 0.503 e. The average molecular weight is 390 g/mol. The van der Waals surface area contributed by atoms with Crippen molar-refractivity contribution in [1.29, 1.82) is 0 Å². The van der Waals surface area contributed by atoms with E-state index < -0.39 is 5.97 Å². The molecule has 0 aliphatic heterocycles. The van der Waals surface area contributed by atoms with E-state index in [4.69, 9.17) is 18.9 Å². The maximum atomic E-state index is 12.4. The highest BCUT2D eigenvalue weighted by atomic mass is 16.5. The molecule has 0 saturated carbocycles. The van der Waals surface area contributed by atoms with E-state index in [0.717, 1.165) is 16.9 Å². The summed E-state index contributed by atoms with van der Waals surface area (Å²) in [6.07, 6.45) is 1.37. The third kappa shape index (κ3) is 4.58. The fourth-order valence-corrected chi connectivity index (χ4v) is 3.01. The Hall–Kier alpha value is -3.73. The van der Waals surface area contributed by atoms with Crippen LogP contribution >= 0.6 is 0 Å². The normalized spacial score (nSPS) is 10.9. The minimum Gasteiger partial charge on any atom is -0.503 e. The Kier molecular flexibility index (Phi) is 6.53. The van der Waals surface area contributed by atoms with Gasteiger partial charge in [0.15, 0.2) is 0 Å². The SMILES string of the molecule is CO/C=C(/C(=O)OC)c1cccc(OC)c1-c1cccc(Oc2ccccc2)c1. The van der Waals surface area contributed by atoms with Crippen LogP contribution in [0.25, 0.3) is 16.7 Å². The first-order valence-electron chi connectivity index (χ1n) is 9.00. The lowest BCUT2D eigenvalue weighted by atomic mass is 9.94. The number of carbonyl (C=O) groups is 1. The highest BCUT2D eigenvalue weighted by Gasteiger charge is 2.21. The molecular weight excluding hydrogens is 368 g/mol. The van der Waals surface area contributed by atoms with Crippen molar-refractivity contribution < 1.29 is 23.7 Å². The predicted octanol–water partition coefficient (Wildman–Crippen LogP) is 5.31. The molecule has 5 heteroatoms. The van der Waals surface area contributed by atoms with Gasteiger partial charge in [0.1, 0.15) is 22.8 Å². The number of esters is 1. The number of para-hydroxylation sites is 1. The average Bonchev–Trinajstić information content (AvgIpc) is 2.77. The Labute approximate surface area is 170 Å². The second-order valence-electron chi connectivity index (χ2n) is 6.08. The third-order valence-electron chi connectivity index (χ3n) is 4.28. The summed E-state index contributed by atoms with van der Waals surface area (Å²) in [5, 5.41) is 0. The quantitative estimate of drug-likeness (QED) is 0.311. The maximum absolute atomic E-state index is 12.4. The molecule has 0 aliphatic rings. The number of rotatable bonds is 7. The number of ether oxygens (including phenoxy) is 4. The van der Waals surface area contributed by atoms with Crippen molar-refractivity contribution in [1.82, 2.24) is 0 Å². The topological polar surface area (TPSA) is 54.0 Å². The number of methoxy groups -OCH3 is 3. The van der Waals surface area contributed by atoms with Gasteiger partial charge in [-0.15, -0.1) is 0 Å². The molecule has 148 valence electrons. The fraction of sp³-hybridized carbons (Fsp3) is 0.125. The Morgan fingerprint density at radius 2 is 1.55 bits per heavy atom. The van der Waals surface area contributed by atoms with E-state index in [1.807, 2.05) is 72.8 Å². The van der Waals surface area contributed by atoms with Crippen LogP contribution in [0.1, 0.15) is 5.56 Å². The summed E-state index contributed by atoms with van der Waals surface area (Å²) in [5.41, 5.74) is 2.49. The lowest BCUT2D eigenvalue weighted by molar-refractivity contribution is -0.133. The van der Waals surface area contributed by atoms with Gasteiger partial charge in [0.25, 0.3) is 0 Å². The molecule has 0 bridgehead atoms. The number of carbonyl (C=O) groups excluding carboxylic acids is 1. The summed E-state index contributed by atoms with van der Waals surface area (Å²) in [7, 11) is 4.40. The van der Waals surface area contributed by atoms with Gasteiger partial charge in [0, 0.05) is 11.1 Å². The standard InChI is InChI=1S/C24H22O5/c1-26-16-21(24(25)28-3)20-13-8-14-22(27-2)23(20)17-9-7-12-19(15-17)29-18-10-5-4-6-11-18/h4-16H,1-3H3/b21-16+. The van der Waals surface area contributed by atoms with Crippen LogP contribution in [0.4, 0.5) is 0 Å². The van der Waals surface area contributed by atoms with E-state index in [-0.39, 0.29) is 0 Å². The van der Waals surface area contributed by atoms with Crippen molar-refractivity contribution in [3.8, 4) is 28.4 Å². The molecule has 0 spiro atoms. The van der Waals surface area contributed by atoms with Gasteiger partial charge in [-0.1, -0.05) is 42.5 Å². The lowest BCUT2D eigenvalue weighted by Gasteiger charge is -2.16. The van der Waals surface area contributed by atoms with Gasteiger partial charge in [0.05, 0.1) is 27.6 Å². The number of hydrogen-bond acceptors (Lipinski definition) is 5. The summed E-state index contributed by atoms with van der Waals surface area (Å²) < 4.78 is 21.6. The smallest absolute Gasteiger partial charge is 0.341 e. The van der Waals surface area contributed by atoms with Crippen LogP contribution in [0.2, 0.25) is 0 Å². The fourth-order valence-electron chi connectivity index (χ4n) is 3.01. The van der Waals surface area contributed by atoms with Gasteiger partial charge in [-0.25, -0.2) is 4.79 Å². The van der Waals surface area contributed by atoms with E-state index in [1.54, 1.807) is 7.11 Å². The van der Waals surface area contributed by atoms with Crippen molar-refractivity contribution in [2.75, 3.05) is 21.3 Å². The molecule has 29 heavy (non-hydrogen) atoms. The van der Waals surface area contributed by atoms with Gasteiger partial charge >= 0.3 is 5.97 Å². The highest BCUT2D eigenvalue weighted by Crippen LogP contribution is 2.39. The van der Waals surface area contributed by atoms with Crippen molar-refractivity contribution in [2.45, 2.75) is 0 Å². The van der Waals surface area contributed by atoms with Crippen molar-refractivity contribution in [3.05, 3.63) is 84.6 Å². The number of hydrogen-bond donors (Lipinski definition) is 0. The highest BCUT2D eigenvalue weighted by molar-refractivity contribution is 6.18. The third-order valence-corrected chi connectivity index (χ3v) is 4.28. The lowest BCUT2D eigenvalue weighted by Crippen LogP contribution is -2.06. The molecule has 0 amide bonds. The minimum atomic E-state index is -0.502. The Balaban J connectivity index is 2.12. The molecule has 3 aromatic rings. The van der Waals surface area contributed by atoms with Crippen LogP contribution in [-0.4, -0.2) is 27.3 Å². The maximum Gasteiger partial charge on any atom is 0.341 e. The van der Waals surface area contributed by atoms with Gasteiger partial charge in [-0.3, -0.25) is 0 Å². The Morgan fingerprint density at radius 1 is 0.828 bits per heavy atom. The molecular formula is C24H22O5. The molecule has 5 nitrogen and oxygen atoms in total. The van der Waals surface area contributed by atoms with Crippen LogP contribution in [-0.2, 0) is 14.3 Å². The molecule has 3 rings (SSSR count). The second-order valence-corrected chi connectivity index (χ2v) is 6.08. The zero-order valence-electron chi connectivity index (χ0n) is 16.5. The number of benzene rings is 3. The summed E-state index contributed by atoms with van der Waals surface area (Å²) in [6.45, 7) is 0. The monoisotopic (exact) mass is 390 g/mol. The summed E-state index contributed by atoms with van der Waals surface area (Å²) in [5.74, 6) is 1.52. The molecule has 0 radical (unpaired) electrons. The van der Waals surface area contributed by atoms with E-state index in [9.17, 15) is 4.79 Å². The van der Waals surface area contributed by atoms with Crippen LogP contribution < -0.4 is 9.47 Å². The van der Waals surface area contributed by atoms with Crippen LogP contribution in [0.3, 0.4) is 0 Å². The molecule has 3 aromatic carbocycles. The Morgan fingerprint density at radius 3 is 2.24 bits per heavy atom. The van der Waals surface area contributed by atoms with Gasteiger partial charge in [-0.2, -0.15) is 0 Å². The Bertz CT molecular complexity index is 1010. The van der Waals surface area contributed by atoms with Gasteiger partial charge in [0.2, 0.25) is 0 Å². The first-order valence-corrected chi connectivity index (χ1v) is 9.00. The molecule has 0 atom stereocenters. The summed E-state index contributed by atoms with van der Waals surface area (Å²) in [6, 6.07) is 22.6. The van der Waals surface area contributed by atoms with Crippen LogP contribution in [0.15, 0.2) is 79.1 Å². The van der Waals surface area contributed by atoms with E-state index >= 15 is 0 Å². The van der Waals surface area contributed by atoms with Crippen LogP contribution in [0, 0.1) is 0 Å². The second kappa shape index (κ2) is 9.46. The first kappa shape index (κ1) is 20.0. The molecule has 0 fully saturated rings. The summed E-state index contributed by atoms with van der Waals surface area (Å²) in [4.78, 5) is 12.4. The molecule has 0 heterocycles. The zero-order chi connectivity index (χ0) is 20.6. The van der Waals surface area contributed by atoms with E-state index in [2.05, 4.69) is 0 Å². The predicted molar refractivity (Wildman–Crippen MR) is 112 cm³/mol. The van der Waals surface area contributed by atoms with E-state index in [1.165, 1.54) is 20.5 Å². The van der Waals surface area contributed by atoms with Crippen molar-refractivity contribution in [2.24, 2.45) is 0 Å². The van der Waals surface area contributed by atoms with Gasteiger partial charge in [-0.05, 0) is 35.9 Å². The molecule has 0 aromatic heterocycles. The molecule has 0 aliphatic carbocycles. The minimum absolute atomic E-state index is 0.290. The summed E-state index contributed by atoms with van der Waals surface area (Å²) >= 11 is 0. The van der Waals surface area contributed by atoms with E-state index in [0.29, 0.717) is 22.6 Å².